The second-order valence-electron chi connectivity index (χ2n) is 4.02. The molecule has 0 atom stereocenters. The van der Waals surface area contributed by atoms with Crippen LogP contribution in [0.3, 0.4) is 0 Å². The Labute approximate surface area is 111 Å². The smallest absolute Gasteiger partial charge is 0.244 e. The first-order valence-electron chi connectivity index (χ1n) is 5.43. The van der Waals surface area contributed by atoms with Gasteiger partial charge in [-0.3, -0.25) is 0 Å². The summed E-state index contributed by atoms with van der Waals surface area (Å²) >= 11 is 5.81. The first kappa shape index (κ1) is 12.5. The summed E-state index contributed by atoms with van der Waals surface area (Å²) < 4.78 is 5.63. The molecule has 1 aromatic heterocycles. The minimum atomic E-state index is 0.318. The molecule has 94 valence electrons. The topological polar surface area (TPSA) is 51.4 Å². The average Bonchev–Trinajstić information content (AvgIpc) is 2.34. The SMILES string of the molecule is CN(C)c1cccc(Oc2nc(Cl)ccc2N)c1. The molecular weight excluding hydrogens is 250 g/mol. The van der Waals surface area contributed by atoms with Crippen molar-refractivity contribution in [3.8, 4) is 11.6 Å². The van der Waals surface area contributed by atoms with Gasteiger partial charge >= 0.3 is 0 Å². The van der Waals surface area contributed by atoms with E-state index in [0.717, 1.165) is 5.69 Å². The number of hydrogen-bond acceptors (Lipinski definition) is 4. The van der Waals surface area contributed by atoms with Crippen LogP contribution in [-0.4, -0.2) is 19.1 Å². The van der Waals surface area contributed by atoms with E-state index >= 15 is 0 Å². The summed E-state index contributed by atoms with van der Waals surface area (Å²) in [5.41, 5.74) is 7.27. The number of nitrogens with zero attached hydrogens (tertiary/aromatic N) is 2. The van der Waals surface area contributed by atoms with Crippen LogP contribution in [0.25, 0.3) is 0 Å². The minimum Gasteiger partial charge on any atom is -0.437 e. The number of benzene rings is 1. The third-order valence-electron chi connectivity index (χ3n) is 2.40. The molecule has 0 unspecified atom stereocenters. The molecule has 2 rings (SSSR count). The molecule has 0 saturated heterocycles. The number of hydrogen-bond donors (Lipinski definition) is 1. The Morgan fingerprint density at radius 1 is 1.22 bits per heavy atom. The quantitative estimate of drug-likeness (QED) is 0.864. The van der Waals surface area contributed by atoms with Crippen LogP contribution in [0.15, 0.2) is 36.4 Å². The van der Waals surface area contributed by atoms with Gasteiger partial charge in [-0.15, -0.1) is 0 Å². The molecule has 0 spiro atoms. The molecule has 1 heterocycles. The molecular formula is C13H14ClN3O. The largest absolute Gasteiger partial charge is 0.437 e. The fourth-order valence-electron chi connectivity index (χ4n) is 1.45. The van der Waals surface area contributed by atoms with Gasteiger partial charge < -0.3 is 15.4 Å². The maximum atomic E-state index is 5.81. The van der Waals surface area contributed by atoms with Crippen molar-refractivity contribution in [2.75, 3.05) is 24.7 Å². The van der Waals surface area contributed by atoms with Crippen molar-refractivity contribution in [2.24, 2.45) is 0 Å². The fraction of sp³-hybridized carbons (Fsp3) is 0.154. The number of halogens is 1. The van der Waals surface area contributed by atoms with Gasteiger partial charge in [0.2, 0.25) is 5.88 Å². The van der Waals surface area contributed by atoms with Crippen molar-refractivity contribution in [1.29, 1.82) is 0 Å². The number of pyridine rings is 1. The summed E-state index contributed by atoms with van der Waals surface area (Å²) in [4.78, 5) is 6.03. The van der Waals surface area contributed by atoms with E-state index in [1.165, 1.54) is 0 Å². The van der Waals surface area contributed by atoms with Crippen molar-refractivity contribution in [3.63, 3.8) is 0 Å². The molecule has 0 saturated carbocycles. The van der Waals surface area contributed by atoms with Crippen LogP contribution in [0.5, 0.6) is 11.6 Å². The predicted octanol–water partition coefficient (Wildman–Crippen LogP) is 3.18. The normalized spacial score (nSPS) is 10.2. The Balaban J connectivity index is 2.28. The molecule has 0 aliphatic rings. The number of anilines is 2. The summed E-state index contributed by atoms with van der Waals surface area (Å²) in [6, 6.07) is 10.9. The van der Waals surface area contributed by atoms with E-state index in [-0.39, 0.29) is 0 Å². The van der Waals surface area contributed by atoms with Crippen molar-refractivity contribution in [3.05, 3.63) is 41.6 Å². The van der Waals surface area contributed by atoms with Crippen LogP contribution in [0.2, 0.25) is 5.15 Å². The lowest BCUT2D eigenvalue weighted by Gasteiger charge is -2.14. The van der Waals surface area contributed by atoms with Crippen molar-refractivity contribution >= 4 is 23.0 Å². The Morgan fingerprint density at radius 3 is 2.72 bits per heavy atom. The van der Waals surface area contributed by atoms with Gasteiger partial charge in [0.05, 0.1) is 5.69 Å². The summed E-state index contributed by atoms with van der Waals surface area (Å²) in [6.07, 6.45) is 0. The van der Waals surface area contributed by atoms with Gasteiger partial charge in [0.1, 0.15) is 10.9 Å². The molecule has 0 bridgehead atoms. The molecule has 2 aromatic rings. The Kier molecular flexibility index (Phi) is 3.58. The molecule has 0 fully saturated rings. The summed E-state index contributed by atoms with van der Waals surface area (Å²) in [7, 11) is 3.93. The highest BCUT2D eigenvalue weighted by Gasteiger charge is 2.06. The van der Waals surface area contributed by atoms with Gasteiger partial charge in [-0.05, 0) is 24.3 Å². The minimum absolute atomic E-state index is 0.318. The zero-order valence-corrected chi connectivity index (χ0v) is 11.0. The zero-order chi connectivity index (χ0) is 13.1. The van der Waals surface area contributed by atoms with Crippen LogP contribution in [0, 0.1) is 0 Å². The van der Waals surface area contributed by atoms with E-state index in [2.05, 4.69) is 4.98 Å². The third-order valence-corrected chi connectivity index (χ3v) is 2.61. The zero-order valence-electron chi connectivity index (χ0n) is 10.2. The summed E-state index contributed by atoms with van der Waals surface area (Å²) in [5, 5.41) is 0.350. The number of rotatable bonds is 3. The van der Waals surface area contributed by atoms with Crippen LogP contribution in [-0.2, 0) is 0 Å². The Bertz CT molecular complexity index is 558. The number of aromatic nitrogens is 1. The number of ether oxygens (including phenoxy) is 1. The fourth-order valence-corrected chi connectivity index (χ4v) is 1.59. The molecule has 0 radical (unpaired) electrons. The van der Waals surface area contributed by atoms with Crippen LogP contribution >= 0.6 is 11.6 Å². The Morgan fingerprint density at radius 2 is 2.00 bits per heavy atom. The average molecular weight is 264 g/mol. The lowest BCUT2D eigenvalue weighted by atomic mass is 10.3. The maximum Gasteiger partial charge on any atom is 0.244 e. The summed E-state index contributed by atoms with van der Waals surface area (Å²) in [6.45, 7) is 0. The van der Waals surface area contributed by atoms with Crippen LogP contribution in [0.4, 0.5) is 11.4 Å². The van der Waals surface area contributed by atoms with E-state index in [0.29, 0.717) is 22.5 Å². The number of nitrogen functional groups attached to an aromatic ring is 1. The Hall–Kier alpha value is -1.94. The van der Waals surface area contributed by atoms with E-state index in [1.54, 1.807) is 12.1 Å². The van der Waals surface area contributed by atoms with E-state index < -0.39 is 0 Å². The molecule has 4 nitrogen and oxygen atoms in total. The predicted molar refractivity (Wildman–Crippen MR) is 74.5 cm³/mol. The van der Waals surface area contributed by atoms with Gasteiger partial charge in [-0.25, -0.2) is 0 Å². The van der Waals surface area contributed by atoms with E-state index in [4.69, 9.17) is 22.1 Å². The van der Waals surface area contributed by atoms with Gasteiger partial charge in [-0.1, -0.05) is 17.7 Å². The highest BCUT2D eigenvalue weighted by molar-refractivity contribution is 6.29. The molecule has 5 heteroatoms. The lowest BCUT2D eigenvalue weighted by molar-refractivity contribution is 0.466. The standard InChI is InChI=1S/C13H14ClN3O/c1-17(2)9-4-3-5-10(8-9)18-13-11(15)6-7-12(14)16-13/h3-8H,15H2,1-2H3. The third kappa shape index (κ3) is 2.84. The maximum absolute atomic E-state index is 5.81. The molecule has 0 aliphatic carbocycles. The number of nitrogens with two attached hydrogens (primary N) is 1. The molecule has 0 amide bonds. The van der Waals surface area contributed by atoms with Crippen molar-refractivity contribution in [1.82, 2.24) is 4.98 Å². The van der Waals surface area contributed by atoms with E-state index in [1.807, 2.05) is 43.3 Å². The molecule has 18 heavy (non-hydrogen) atoms. The summed E-state index contributed by atoms with van der Waals surface area (Å²) in [5.74, 6) is 0.987. The highest BCUT2D eigenvalue weighted by Crippen LogP contribution is 2.28. The van der Waals surface area contributed by atoms with E-state index in [9.17, 15) is 0 Å². The van der Waals surface area contributed by atoms with Crippen molar-refractivity contribution in [2.45, 2.75) is 0 Å². The second kappa shape index (κ2) is 5.14. The lowest BCUT2D eigenvalue weighted by Crippen LogP contribution is -2.08. The van der Waals surface area contributed by atoms with Gasteiger partial charge in [0.25, 0.3) is 0 Å². The van der Waals surface area contributed by atoms with Crippen molar-refractivity contribution < 1.29 is 4.74 Å². The highest BCUT2D eigenvalue weighted by atomic mass is 35.5. The van der Waals surface area contributed by atoms with Crippen LogP contribution in [0.1, 0.15) is 0 Å². The first-order chi connectivity index (χ1) is 8.56. The van der Waals surface area contributed by atoms with Gasteiger partial charge in [-0.2, -0.15) is 4.98 Å². The molecule has 1 aromatic carbocycles. The first-order valence-corrected chi connectivity index (χ1v) is 5.81. The van der Waals surface area contributed by atoms with Crippen LogP contribution < -0.4 is 15.4 Å². The molecule has 0 aliphatic heterocycles. The van der Waals surface area contributed by atoms with Gasteiger partial charge in [0.15, 0.2) is 0 Å². The molecule has 2 N–H and O–H groups in total. The monoisotopic (exact) mass is 263 g/mol. The van der Waals surface area contributed by atoms with Gasteiger partial charge in [0, 0.05) is 25.8 Å². The second-order valence-corrected chi connectivity index (χ2v) is 4.41.